The first-order valence-corrected chi connectivity index (χ1v) is 20.0. The van der Waals surface area contributed by atoms with Crippen molar-refractivity contribution in [1.29, 1.82) is 0 Å². The van der Waals surface area contributed by atoms with Gasteiger partial charge in [0.2, 0.25) is 0 Å². The smallest absolute Gasteiger partial charge is 2.00 e. The van der Waals surface area contributed by atoms with Crippen molar-refractivity contribution in [3.05, 3.63) is 118 Å². The summed E-state index contributed by atoms with van der Waals surface area (Å²) < 4.78 is 19.6. The second-order valence-corrected chi connectivity index (χ2v) is 13.2. The van der Waals surface area contributed by atoms with Gasteiger partial charge in [-0.15, -0.1) is 23.0 Å². The van der Waals surface area contributed by atoms with Crippen molar-refractivity contribution >= 4 is 93.0 Å². The van der Waals surface area contributed by atoms with Crippen LogP contribution in [0.1, 0.15) is 55.4 Å². The Kier molecular flexibility index (Phi) is 27.2. The molecule has 4 aromatic carbocycles. The summed E-state index contributed by atoms with van der Waals surface area (Å²) in [5.41, 5.74) is 0.471. The number of carbonyl (C=O) groups is 4. The molecule has 4 aromatic rings. The van der Waals surface area contributed by atoms with Crippen LogP contribution in [-0.4, -0.2) is 75.2 Å². The molecule has 0 spiro atoms. The Morgan fingerprint density at radius 2 is 0.597 bits per heavy atom. The summed E-state index contributed by atoms with van der Waals surface area (Å²) in [4.78, 5) is 65.3. The van der Waals surface area contributed by atoms with Crippen LogP contribution in [0.5, 0.6) is 0 Å². The maximum absolute atomic E-state index is 12.0. The number of benzene rings is 4. The summed E-state index contributed by atoms with van der Waals surface area (Å²) in [7, 11) is 0. The molecular weight excluding hydrogens is 952 g/mol. The van der Waals surface area contributed by atoms with Gasteiger partial charge < -0.3 is 44.8 Å². The average molecular weight is 1000 g/mol. The van der Waals surface area contributed by atoms with Crippen molar-refractivity contribution in [2.75, 3.05) is 26.4 Å². The van der Waals surface area contributed by atoms with Crippen molar-refractivity contribution in [2.24, 2.45) is 20.0 Å². The molecule has 4 rings (SSSR count). The summed E-state index contributed by atoms with van der Waals surface area (Å²) in [5, 5.41) is 50.8. The zero-order valence-electron chi connectivity index (χ0n) is 37.9. The van der Waals surface area contributed by atoms with Gasteiger partial charge in [0, 0.05) is 24.9 Å². The number of ether oxygens (including phenoxy) is 4. The van der Waals surface area contributed by atoms with Crippen molar-refractivity contribution < 1.29 is 98.2 Å². The minimum absolute atomic E-state index is 0. The number of nitrogens with zero attached hydrogens (tertiary/aromatic N) is 4. The monoisotopic (exact) mass is 1000 g/mol. The standard InChI is InChI=1S/2C24H26N2O6.2Fe.O/c2*1-5-31-23(29)19(15(3)27)13-25-21-11-17-9-7-8-10-18(17)12-22(21)26-14-20(16(4)28)24(30)32-6-2;;;/h2*7-14,27-28H,5-6H2,1-4H3;;;/q;;2*+3;-2/p-4/b2*19-15+,20-16+,25-13?,26-14?;;;. The van der Waals surface area contributed by atoms with E-state index in [4.69, 9.17) is 18.9 Å². The van der Waals surface area contributed by atoms with Crippen molar-refractivity contribution in [2.45, 2.75) is 55.4 Å². The second kappa shape index (κ2) is 30.3. The molecule has 0 heterocycles. The summed E-state index contributed by atoms with van der Waals surface area (Å²) in [6, 6.07) is 21.8. The van der Waals surface area contributed by atoms with Crippen LogP contribution in [0.3, 0.4) is 0 Å². The molecule has 0 unspecified atom stereocenters. The number of carbonyl (C=O) groups excluding carboxylic acids is 4. The number of rotatable bonds is 16. The quantitative estimate of drug-likeness (QED) is 0.0352. The van der Waals surface area contributed by atoms with Gasteiger partial charge in [-0.1, -0.05) is 76.2 Å². The molecule has 67 heavy (non-hydrogen) atoms. The molecule has 354 valence electrons. The Morgan fingerprint density at radius 1 is 0.418 bits per heavy atom. The summed E-state index contributed by atoms with van der Waals surface area (Å²) in [6.07, 6.45) is 4.52. The third kappa shape index (κ3) is 18.1. The normalized spacial score (nSPS) is 12.7. The molecule has 0 saturated heterocycles. The predicted octanol–water partition coefficient (Wildman–Crippen LogP) is 5.15. The van der Waals surface area contributed by atoms with Crippen LogP contribution < -0.4 is 20.4 Å². The molecule has 0 N–H and O–H groups in total. The Morgan fingerprint density at radius 3 is 0.746 bits per heavy atom. The summed E-state index contributed by atoms with van der Waals surface area (Å²) >= 11 is 0. The van der Waals surface area contributed by atoms with Gasteiger partial charge in [0.05, 0.1) is 71.5 Å². The van der Waals surface area contributed by atoms with E-state index in [1.165, 1.54) is 27.7 Å². The summed E-state index contributed by atoms with van der Waals surface area (Å²) in [5.74, 6) is -5.07. The minimum Gasteiger partial charge on any atom is -2.00 e. The molecule has 0 amide bonds. The van der Waals surface area contributed by atoms with Crippen molar-refractivity contribution in [3.8, 4) is 0 Å². The Bertz CT molecular complexity index is 2260. The van der Waals surface area contributed by atoms with Gasteiger partial charge in [-0.2, -0.15) is 0 Å². The first kappa shape index (κ1) is 60.1. The first-order valence-electron chi connectivity index (χ1n) is 20.0. The maximum Gasteiger partial charge on any atom is 3.00 e. The Labute approximate surface area is 409 Å². The van der Waals surface area contributed by atoms with Gasteiger partial charge >= 0.3 is 58.0 Å². The van der Waals surface area contributed by atoms with Gasteiger partial charge in [0.25, 0.3) is 0 Å². The number of allylic oxidation sites excluding steroid dienone is 4. The molecule has 0 saturated carbocycles. The fraction of sp³-hybridized carbons (Fsp3) is 0.250. The number of fused-ring (bicyclic) bond motifs is 2. The molecule has 0 atom stereocenters. The zero-order valence-corrected chi connectivity index (χ0v) is 40.1. The van der Waals surface area contributed by atoms with Crippen LogP contribution >= 0.6 is 0 Å². The van der Waals surface area contributed by atoms with Gasteiger partial charge in [-0.3, -0.25) is 20.0 Å². The van der Waals surface area contributed by atoms with Crippen molar-refractivity contribution in [3.63, 3.8) is 0 Å². The molecule has 0 aliphatic heterocycles. The molecule has 0 bridgehead atoms. The third-order valence-electron chi connectivity index (χ3n) is 8.52. The molecule has 2 radical (unpaired) electrons. The maximum atomic E-state index is 12.0. The van der Waals surface area contributed by atoms with E-state index in [2.05, 4.69) is 20.0 Å². The molecule has 19 heteroatoms. The van der Waals surface area contributed by atoms with E-state index in [0.717, 1.165) is 46.4 Å². The Hall–Kier alpha value is -6.88. The van der Waals surface area contributed by atoms with Crippen LogP contribution in [0.25, 0.3) is 21.5 Å². The second-order valence-electron chi connectivity index (χ2n) is 13.2. The topological polar surface area (TPSA) is 275 Å². The zero-order chi connectivity index (χ0) is 47.3. The number of aliphatic imine (C=N–C) groups is 4. The predicted molar refractivity (Wildman–Crippen MR) is 239 cm³/mol. The average Bonchev–Trinajstić information content (AvgIpc) is 3.24. The van der Waals surface area contributed by atoms with E-state index < -0.39 is 46.9 Å². The van der Waals surface area contributed by atoms with E-state index in [0.29, 0.717) is 22.7 Å². The van der Waals surface area contributed by atoms with E-state index in [1.807, 2.05) is 48.5 Å². The van der Waals surface area contributed by atoms with E-state index in [9.17, 15) is 39.6 Å². The van der Waals surface area contributed by atoms with E-state index in [1.54, 1.807) is 52.0 Å². The number of hydrogen-bond donors (Lipinski definition) is 0. The van der Waals surface area contributed by atoms with Gasteiger partial charge in [0.1, 0.15) is 0 Å². The fourth-order valence-corrected chi connectivity index (χ4v) is 5.37. The Balaban J connectivity index is 0.00000124. The van der Waals surface area contributed by atoms with Crippen LogP contribution in [0.4, 0.5) is 22.7 Å². The van der Waals surface area contributed by atoms with Gasteiger partial charge in [0.15, 0.2) is 0 Å². The number of hydrogen-bond acceptors (Lipinski definition) is 16. The van der Waals surface area contributed by atoms with Gasteiger partial charge in [-0.25, -0.2) is 19.2 Å². The molecule has 0 aromatic heterocycles. The van der Waals surface area contributed by atoms with E-state index >= 15 is 0 Å². The van der Waals surface area contributed by atoms with Crippen LogP contribution in [-0.2, 0) is 77.7 Å². The largest absolute Gasteiger partial charge is 3.00 e. The molecule has 0 aliphatic carbocycles. The molecule has 0 fully saturated rings. The third-order valence-corrected chi connectivity index (χ3v) is 8.52. The van der Waals surface area contributed by atoms with Crippen LogP contribution in [0.15, 0.2) is 138 Å². The first-order chi connectivity index (χ1) is 30.6. The van der Waals surface area contributed by atoms with Crippen molar-refractivity contribution in [1.82, 2.24) is 0 Å². The fourth-order valence-electron chi connectivity index (χ4n) is 5.37. The van der Waals surface area contributed by atoms with Crippen LogP contribution in [0.2, 0.25) is 0 Å². The molecule has 17 nitrogen and oxygen atoms in total. The molecule has 0 aliphatic rings. The molecular formula is C48H48Fe2N4O13. The van der Waals surface area contributed by atoms with E-state index in [-0.39, 0.29) is 88.3 Å². The SMILES string of the molecule is CCOC(=O)/C(C=Nc1cc2ccccc2cc1N=C/C(C(=O)OCC)=C(/C)[O-])=C(\C)[O-].CCOC(=O)/C(C=Nc1cc2ccccc2cc1N=C/C(C(=O)OCC)=C(/C)[O-])=C(\C)[O-].[Fe+3].[Fe+3].[O-2]. The summed E-state index contributed by atoms with van der Waals surface area (Å²) in [6.45, 7) is 12.0. The number of esters is 4. The van der Waals surface area contributed by atoms with Crippen LogP contribution in [0, 0.1) is 0 Å². The van der Waals surface area contributed by atoms with Gasteiger partial charge in [-0.05, 0) is 73.5 Å². The minimum atomic E-state index is -0.774.